The summed E-state index contributed by atoms with van der Waals surface area (Å²) in [6.45, 7) is 0.236. The Morgan fingerprint density at radius 1 is 0.914 bits per heavy atom. The van der Waals surface area contributed by atoms with E-state index < -0.39 is 21.9 Å². The Bertz CT molecular complexity index is 1510. The first-order valence-electron chi connectivity index (χ1n) is 10.1. The lowest BCUT2D eigenvalue weighted by molar-refractivity contribution is -0.141. The first kappa shape index (κ1) is 24.0. The van der Waals surface area contributed by atoms with Crippen molar-refractivity contribution in [2.75, 3.05) is 0 Å². The number of benzene rings is 3. The van der Waals surface area contributed by atoms with Crippen molar-refractivity contribution < 1.29 is 21.6 Å². The minimum Gasteiger partial charge on any atom is -0.233 e. The summed E-state index contributed by atoms with van der Waals surface area (Å²) in [6, 6.07) is 20.3. The normalized spacial score (nSPS) is 11.8. The Balaban J connectivity index is 1.71. The van der Waals surface area contributed by atoms with Crippen LogP contribution in [-0.4, -0.2) is 18.2 Å². The SMILES string of the molecule is [N-]=[N+]=NCc1ccc(-c2ccc(-c3cc(C(F)(F)F)nn3-c3ccc(S(N)(=O)=O)cc3)cc2)cc1. The highest BCUT2D eigenvalue weighted by Gasteiger charge is 2.35. The van der Waals surface area contributed by atoms with Gasteiger partial charge in [0.05, 0.1) is 22.8 Å². The summed E-state index contributed by atoms with van der Waals surface area (Å²) in [5.41, 5.74) is 10.8. The fourth-order valence-corrected chi connectivity index (χ4v) is 3.96. The van der Waals surface area contributed by atoms with Gasteiger partial charge < -0.3 is 0 Å². The average Bonchev–Trinajstić information content (AvgIpc) is 3.29. The van der Waals surface area contributed by atoms with E-state index in [4.69, 9.17) is 10.7 Å². The Morgan fingerprint density at radius 2 is 1.46 bits per heavy atom. The number of sulfonamides is 1. The lowest BCUT2D eigenvalue weighted by Gasteiger charge is -2.10. The molecule has 4 rings (SSSR count). The van der Waals surface area contributed by atoms with E-state index in [-0.39, 0.29) is 22.8 Å². The molecular formula is C23H17F3N6O2S. The zero-order valence-corrected chi connectivity index (χ0v) is 18.7. The summed E-state index contributed by atoms with van der Waals surface area (Å²) < 4.78 is 64.4. The number of primary sulfonamides is 1. The second kappa shape index (κ2) is 9.26. The van der Waals surface area contributed by atoms with Gasteiger partial charge in [0.1, 0.15) is 0 Å². The summed E-state index contributed by atoms with van der Waals surface area (Å²) in [5.74, 6) is 0. The van der Waals surface area contributed by atoms with E-state index in [1.54, 1.807) is 24.3 Å². The molecule has 0 atom stereocenters. The third-order valence-electron chi connectivity index (χ3n) is 5.19. The van der Waals surface area contributed by atoms with Gasteiger partial charge in [-0.15, -0.1) is 0 Å². The maximum atomic E-state index is 13.4. The molecule has 0 saturated carbocycles. The number of halogens is 3. The Hall–Kier alpha value is -4.12. The van der Waals surface area contributed by atoms with Gasteiger partial charge in [-0.25, -0.2) is 18.2 Å². The van der Waals surface area contributed by atoms with Gasteiger partial charge >= 0.3 is 6.18 Å². The first-order valence-corrected chi connectivity index (χ1v) is 11.6. The molecular weight excluding hydrogens is 481 g/mol. The number of hydrogen-bond acceptors (Lipinski definition) is 4. The number of azide groups is 1. The standard InChI is InChI=1S/C23H17F3N6O2S/c24-23(25,26)22-13-21(32(30-22)19-9-11-20(12-10-19)35(28,33)34)18-7-5-17(6-8-18)16-3-1-15(2-4-16)14-29-31-27/h1-13H,14H2,(H2,28,33,34). The molecule has 0 spiro atoms. The van der Waals surface area contributed by atoms with Gasteiger partial charge in [0, 0.05) is 10.5 Å². The summed E-state index contributed by atoms with van der Waals surface area (Å²) in [4.78, 5) is 2.56. The van der Waals surface area contributed by atoms with Gasteiger partial charge in [-0.2, -0.15) is 18.3 Å². The average molecular weight is 498 g/mol. The molecule has 35 heavy (non-hydrogen) atoms. The highest BCUT2D eigenvalue weighted by molar-refractivity contribution is 7.89. The van der Waals surface area contributed by atoms with Crippen molar-refractivity contribution in [1.82, 2.24) is 9.78 Å². The van der Waals surface area contributed by atoms with Crippen LogP contribution < -0.4 is 5.14 Å². The monoisotopic (exact) mass is 498 g/mol. The summed E-state index contributed by atoms with van der Waals surface area (Å²) in [6.07, 6.45) is -4.67. The molecule has 1 aromatic heterocycles. The fourth-order valence-electron chi connectivity index (χ4n) is 3.45. The number of rotatable bonds is 6. The second-order valence-corrected chi connectivity index (χ2v) is 9.09. The topological polar surface area (TPSA) is 127 Å². The third kappa shape index (κ3) is 5.35. The van der Waals surface area contributed by atoms with Gasteiger partial charge in [-0.05, 0) is 52.6 Å². The van der Waals surface area contributed by atoms with E-state index in [0.29, 0.717) is 5.56 Å². The number of nitrogens with two attached hydrogens (primary N) is 1. The van der Waals surface area contributed by atoms with Crippen molar-refractivity contribution >= 4 is 10.0 Å². The number of alkyl halides is 3. The molecule has 178 valence electrons. The molecule has 0 aliphatic carbocycles. The second-order valence-electron chi connectivity index (χ2n) is 7.53. The molecule has 0 bridgehead atoms. The highest BCUT2D eigenvalue weighted by atomic mass is 32.2. The van der Waals surface area contributed by atoms with Crippen LogP contribution in [0.5, 0.6) is 0 Å². The van der Waals surface area contributed by atoms with Crippen LogP contribution in [0.3, 0.4) is 0 Å². The maximum Gasteiger partial charge on any atom is 0.435 e. The van der Waals surface area contributed by atoms with Crippen molar-refractivity contribution in [3.8, 4) is 28.1 Å². The Kier molecular flexibility index (Phi) is 6.35. The number of aromatic nitrogens is 2. The van der Waals surface area contributed by atoms with Gasteiger partial charge in [0.15, 0.2) is 5.69 Å². The zero-order chi connectivity index (χ0) is 25.2. The van der Waals surface area contributed by atoms with Crippen molar-refractivity contribution in [2.45, 2.75) is 17.6 Å². The minimum absolute atomic E-state index is 0.166. The first-order chi connectivity index (χ1) is 16.6. The zero-order valence-electron chi connectivity index (χ0n) is 17.9. The van der Waals surface area contributed by atoms with Crippen LogP contribution in [-0.2, 0) is 22.7 Å². The lowest BCUT2D eigenvalue weighted by atomic mass is 10.0. The van der Waals surface area contributed by atoms with Crippen LogP contribution in [0.1, 0.15) is 11.3 Å². The quantitative estimate of drug-likeness (QED) is 0.209. The van der Waals surface area contributed by atoms with Crippen molar-refractivity contribution in [2.24, 2.45) is 10.3 Å². The Morgan fingerprint density at radius 3 is 1.97 bits per heavy atom. The third-order valence-corrected chi connectivity index (χ3v) is 6.12. The van der Waals surface area contributed by atoms with E-state index >= 15 is 0 Å². The van der Waals surface area contributed by atoms with Crippen LogP contribution in [0.4, 0.5) is 13.2 Å². The summed E-state index contributed by atoms with van der Waals surface area (Å²) in [7, 11) is -3.95. The number of hydrogen-bond donors (Lipinski definition) is 1. The van der Waals surface area contributed by atoms with Gasteiger partial charge in [0.25, 0.3) is 0 Å². The van der Waals surface area contributed by atoms with Crippen molar-refractivity contribution in [3.63, 3.8) is 0 Å². The predicted molar refractivity (Wildman–Crippen MR) is 124 cm³/mol. The Labute approximate surface area is 198 Å². The molecule has 4 aromatic rings. The number of nitrogens with zero attached hydrogens (tertiary/aromatic N) is 5. The molecule has 12 heteroatoms. The van der Waals surface area contributed by atoms with Crippen molar-refractivity contribution in [3.05, 3.63) is 101 Å². The van der Waals surface area contributed by atoms with Crippen LogP contribution in [0.2, 0.25) is 0 Å². The van der Waals surface area contributed by atoms with Gasteiger partial charge in [0.2, 0.25) is 10.0 Å². The summed E-state index contributed by atoms with van der Waals surface area (Å²) in [5, 5.41) is 12.3. The molecule has 0 radical (unpaired) electrons. The molecule has 2 N–H and O–H groups in total. The highest BCUT2D eigenvalue weighted by Crippen LogP contribution is 2.34. The molecule has 8 nitrogen and oxygen atoms in total. The predicted octanol–water partition coefficient (Wildman–Crippen LogP) is 5.68. The molecule has 0 amide bonds. The van der Waals surface area contributed by atoms with E-state index in [1.807, 2.05) is 24.3 Å². The van der Waals surface area contributed by atoms with Crippen LogP contribution in [0.15, 0.2) is 88.9 Å². The molecule has 1 heterocycles. The van der Waals surface area contributed by atoms with E-state index in [9.17, 15) is 21.6 Å². The molecule has 0 fully saturated rings. The van der Waals surface area contributed by atoms with Crippen LogP contribution in [0, 0.1) is 0 Å². The van der Waals surface area contributed by atoms with Crippen LogP contribution in [0.25, 0.3) is 38.5 Å². The van der Waals surface area contributed by atoms with E-state index in [1.165, 1.54) is 24.3 Å². The van der Waals surface area contributed by atoms with Crippen molar-refractivity contribution in [1.29, 1.82) is 0 Å². The van der Waals surface area contributed by atoms with Gasteiger partial charge in [-0.3, -0.25) is 0 Å². The van der Waals surface area contributed by atoms with E-state index in [2.05, 4.69) is 15.1 Å². The molecule has 0 aliphatic rings. The van der Waals surface area contributed by atoms with Gasteiger partial charge in [-0.1, -0.05) is 53.6 Å². The summed E-state index contributed by atoms with van der Waals surface area (Å²) >= 11 is 0. The molecule has 0 unspecified atom stereocenters. The minimum atomic E-state index is -4.67. The smallest absolute Gasteiger partial charge is 0.233 e. The molecule has 0 aliphatic heterocycles. The van der Waals surface area contributed by atoms with E-state index in [0.717, 1.165) is 27.4 Å². The fraction of sp³-hybridized carbons (Fsp3) is 0.0870. The largest absolute Gasteiger partial charge is 0.435 e. The molecule has 3 aromatic carbocycles. The maximum absolute atomic E-state index is 13.4. The molecule has 0 saturated heterocycles. The van der Waals surface area contributed by atoms with Crippen LogP contribution >= 0.6 is 0 Å². The lowest BCUT2D eigenvalue weighted by Crippen LogP contribution is -2.12.